The van der Waals surface area contributed by atoms with Crippen LogP contribution in [-0.4, -0.2) is 73.2 Å². The van der Waals surface area contributed by atoms with Crippen molar-refractivity contribution in [3.8, 4) is 0 Å². The van der Waals surface area contributed by atoms with Crippen LogP contribution >= 0.6 is 23.2 Å². The first kappa shape index (κ1) is 18.5. The number of carbonyl (C=O) groups excluding carboxylic acids is 1. The first-order chi connectivity index (χ1) is 12.6. The van der Waals surface area contributed by atoms with E-state index in [4.69, 9.17) is 27.9 Å². The molecule has 1 amide bonds. The topological polar surface area (TPSA) is 44.8 Å². The molecule has 0 aliphatic carbocycles. The van der Waals surface area contributed by atoms with Gasteiger partial charge in [-0.25, -0.2) is 0 Å². The fourth-order valence-electron chi connectivity index (χ4n) is 4.54. The second-order valence-electron chi connectivity index (χ2n) is 7.38. The molecule has 1 aromatic carbocycles. The molecule has 5 nitrogen and oxygen atoms in total. The second-order valence-corrected chi connectivity index (χ2v) is 8.16. The van der Waals surface area contributed by atoms with E-state index in [1.165, 1.54) is 12.8 Å². The molecule has 3 fully saturated rings. The first-order valence-corrected chi connectivity index (χ1v) is 10.2. The first-order valence-electron chi connectivity index (χ1n) is 9.42. The maximum Gasteiger partial charge on any atom is 0.227 e. The third-order valence-corrected chi connectivity index (χ3v) is 6.67. The largest absolute Gasteiger partial charge is 0.378 e. The Balaban J connectivity index is 1.55. The number of rotatable bonds is 3. The van der Waals surface area contributed by atoms with Crippen LogP contribution in [0.1, 0.15) is 18.4 Å². The molecule has 0 saturated carbocycles. The van der Waals surface area contributed by atoms with Crippen LogP contribution < -0.4 is 5.32 Å². The van der Waals surface area contributed by atoms with Crippen LogP contribution in [0.15, 0.2) is 18.2 Å². The van der Waals surface area contributed by atoms with Gasteiger partial charge in [0.1, 0.15) is 0 Å². The number of hydrogen-bond donors (Lipinski definition) is 1. The Morgan fingerprint density at radius 1 is 1.19 bits per heavy atom. The van der Waals surface area contributed by atoms with Crippen LogP contribution in [0, 0.1) is 0 Å². The van der Waals surface area contributed by atoms with Crippen molar-refractivity contribution in [2.24, 2.45) is 0 Å². The van der Waals surface area contributed by atoms with Gasteiger partial charge in [-0.2, -0.15) is 0 Å². The van der Waals surface area contributed by atoms with Gasteiger partial charge < -0.3 is 15.0 Å². The predicted octanol–water partition coefficient (Wildman–Crippen LogP) is 2.20. The molecule has 3 aliphatic rings. The summed E-state index contributed by atoms with van der Waals surface area (Å²) in [5.74, 6) is 0.122. The molecule has 0 aromatic heterocycles. The molecule has 3 heterocycles. The summed E-state index contributed by atoms with van der Waals surface area (Å²) in [6, 6.07) is 6.10. The average molecular weight is 398 g/mol. The number of hydrogen-bond acceptors (Lipinski definition) is 4. The third-order valence-electron chi connectivity index (χ3n) is 5.81. The molecule has 3 saturated heterocycles. The molecular formula is C19H25Cl2N3O2. The summed E-state index contributed by atoms with van der Waals surface area (Å²) < 4.78 is 5.86. The summed E-state index contributed by atoms with van der Waals surface area (Å²) in [5, 5.41) is 4.53. The van der Waals surface area contributed by atoms with E-state index in [0.29, 0.717) is 23.3 Å². The second kappa shape index (κ2) is 8.03. The van der Waals surface area contributed by atoms with Gasteiger partial charge in [0, 0.05) is 13.1 Å². The maximum atomic E-state index is 13.2. The summed E-state index contributed by atoms with van der Waals surface area (Å²) in [7, 11) is 0. The minimum absolute atomic E-state index is 0.122. The molecule has 0 spiro atoms. The van der Waals surface area contributed by atoms with Crippen LogP contribution in [0.4, 0.5) is 0 Å². The lowest BCUT2D eigenvalue weighted by atomic mass is 9.92. The van der Waals surface area contributed by atoms with Crippen molar-refractivity contribution in [3.05, 3.63) is 33.8 Å². The number of piperazine rings is 1. The smallest absolute Gasteiger partial charge is 0.227 e. The van der Waals surface area contributed by atoms with Crippen molar-refractivity contribution in [1.29, 1.82) is 0 Å². The molecule has 142 valence electrons. The number of fused-ring (bicyclic) bond motifs is 1. The Morgan fingerprint density at radius 3 is 2.81 bits per heavy atom. The van der Waals surface area contributed by atoms with Gasteiger partial charge in [-0.15, -0.1) is 0 Å². The van der Waals surface area contributed by atoms with Crippen LogP contribution in [-0.2, 0) is 16.0 Å². The fraction of sp³-hybridized carbons (Fsp3) is 0.632. The van der Waals surface area contributed by atoms with Gasteiger partial charge in [0.05, 0.1) is 47.8 Å². The van der Waals surface area contributed by atoms with E-state index in [1.807, 2.05) is 12.1 Å². The highest BCUT2D eigenvalue weighted by Gasteiger charge is 2.44. The summed E-state index contributed by atoms with van der Waals surface area (Å²) in [5.41, 5.74) is 0.795. The van der Waals surface area contributed by atoms with Crippen molar-refractivity contribution in [2.75, 3.05) is 39.4 Å². The molecule has 3 aliphatic heterocycles. The number of likely N-dealkylation sites (tertiary alicyclic amines) is 1. The van der Waals surface area contributed by atoms with E-state index in [9.17, 15) is 4.79 Å². The van der Waals surface area contributed by atoms with Crippen LogP contribution in [0.3, 0.4) is 0 Å². The zero-order chi connectivity index (χ0) is 18.1. The van der Waals surface area contributed by atoms with Gasteiger partial charge in [-0.1, -0.05) is 35.3 Å². The Hall–Kier alpha value is -0.850. The standard InChI is InChI=1S/C19H25Cl2N3O2/c20-14-5-3-4-13(18(14)21)10-17(25)24-9-6-22-15-11-26-12-16(19(15)24)23-7-1-2-8-23/h3-5,15-16,19,22H,1-2,6-12H2/t15-,16?,19+/m1/s1. The van der Waals surface area contributed by atoms with E-state index in [-0.39, 0.29) is 30.5 Å². The molecule has 26 heavy (non-hydrogen) atoms. The monoisotopic (exact) mass is 397 g/mol. The highest BCUT2D eigenvalue weighted by molar-refractivity contribution is 6.42. The average Bonchev–Trinajstić information content (AvgIpc) is 3.19. The number of nitrogens with one attached hydrogen (secondary N) is 1. The van der Waals surface area contributed by atoms with Crippen molar-refractivity contribution >= 4 is 29.1 Å². The van der Waals surface area contributed by atoms with Gasteiger partial charge in [0.25, 0.3) is 0 Å². The fourth-order valence-corrected chi connectivity index (χ4v) is 4.93. The Bertz CT molecular complexity index is 664. The zero-order valence-corrected chi connectivity index (χ0v) is 16.3. The Morgan fingerprint density at radius 2 is 2.00 bits per heavy atom. The summed E-state index contributed by atoms with van der Waals surface area (Å²) in [6.07, 6.45) is 2.75. The van der Waals surface area contributed by atoms with Gasteiger partial charge in [-0.05, 0) is 37.6 Å². The Kier molecular flexibility index (Phi) is 5.72. The van der Waals surface area contributed by atoms with E-state index >= 15 is 0 Å². The Labute approximate surface area is 164 Å². The molecule has 4 rings (SSSR count). The van der Waals surface area contributed by atoms with Crippen molar-refractivity contribution in [3.63, 3.8) is 0 Å². The molecule has 7 heteroatoms. The molecule has 1 N–H and O–H groups in total. The molecule has 1 unspecified atom stereocenters. The predicted molar refractivity (Wildman–Crippen MR) is 103 cm³/mol. The third kappa shape index (κ3) is 3.60. The lowest BCUT2D eigenvalue weighted by Crippen LogP contribution is -2.70. The van der Waals surface area contributed by atoms with Crippen LogP contribution in [0.2, 0.25) is 10.0 Å². The lowest BCUT2D eigenvalue weighted by Gasteiger charge is -2.50. The van der Waals surface area contributed by atoms with Crippen molar-refractivity contribution in [1.82, 2.24) is 15.1 Å². The molecule has 0 radical (unpaired) electrons. The van der Waals surface area contributed by atoms with Crippen LogP contribution in [0.5, 0.6) is 0 Å². The van der Waals surface area contributed by atoms with Gasteiger partial charge in [0.2, 0.25) is 5.91 Å². The van der Waals surface area contributed by atoms with Gasteiger partial charge in [0.15, 0.2) is 0 Å². The zero-order valence-electron chi connectivity index (χ0n) is 14.8. The lowest BCUT2D eigenvalue weighted by molar-refractivity contribution is -0.142. The summed E-state index contributed by atoms with van der Waals surface area (Å²) in [6.45, 7) is 5.08. The van der Waals surface area contributed by atoms with Gasteiger partial charge in [-0.3, -0.25) is 9.69 Å². The quantitative estimate of drug-likeness (QED) is 0.848. The minimum atomic E-state index is 0.122. The van der Waals surface area contributed by atoms with Crippen molar-refractivity contribution < 1.29 is 9.53 Å². The summed E-state index contributed by atoms with van der Waals surface area (Å²) >= 11 is 12.4. The number of amides is 1. The molecular weight excluding hydrogens is 373 g/mol. The van der Waals surface area contributed by atoms with E-state index in [0.717, 1.165) is 31.7 Å². The van der Waals surface area contributed by atoms with E-state index < -0.39 is 0 Å². The number of benzene rings is 1. The number of nitrogens with zero attached hydrogens (tertiary/aromatic N) is 2. The molecule has 1 aromatic rings. The number of halogens is 2. The van der Waals surface area contributed by atoms with Gasteiger partial charge >= 0.3 is 0 Å². The van der Waals surface area contributed by atoms with Crippen molar-refractivity contribution in [2.45, 2.75) is 37.4 Å². The number of ether oxygens (including phenoxy) is 1. The molecule has 3 atom stereocenters. The highest BCUT2D eigenvalue weighted by Crippen LogP contribution is 2.29. The summed E-state index contributed by atoms with van der Waals surface area (Å²) in [4.78, 5) is 17.7. The molecule has 0 bridgehead atoms. The minimum Gasteiger partial charge on any atom is -0.378 e. The number of carbonyl (C=O) groups is 1. The van der Waals surface area contributed by atoms with E-state index in [2.05, 4.69) is 15.1 Å². The maximum absolute atomic E-state index is 13.2. The van der Waals surface area contributed by atoms with E-state index in [1.54, 1.807) is 6.07 Å². The normalized spacial score (nSPS) is 29.6. The van der Waals surface area contributed by atoms with Crippen LogP contribution in [0.25, 0.3) is 0 Å². The SMILES string of the molecule is O=C(Cc1cccc(Cl)c1Cl)N1CCN[C@@H]2COCC(N3CCCC3)[C@H]21. The highest BCUT2D eigenvalue weighted by atomic mass is 35.5.